The van der Waals surface area contributed by atoms with E-state index in [2.05, 4.69) is 17.6 Å². The largest absolute Gasteiger partial charge is 0.473 e. The van der Waals surface area contributed by atoms with Crippen LogP contribution in [0.4, 0.5) is 10.5 Å². The van der Waals surface area contributed by atoms with E-state index in [1.54, 1.807) is 0 Å². The average Bonchev–Trinajstić information content (AvgIpc) is 2.50. The second-order valence-corrected chi connectivity index (χ2v) is 4.78. The van der Waals surface area contributed by atoms with Gasteiger partial charge in [-0.15, -0.1) is 0 Å². The molecule has 0 aliphatic rings. The van der Waals surface area contributed by atoms with E-state index in [1.165, 1.54) is 11.1 Å². The predicted molar refractivity (Wildman–Crippen MR) is 84.6 cm³/mol. The minimum absolute atomic E-state index is 0.127. The van der Waals surface area contributed by atoms with E-state index in [1.807, 2.05) is 55.5 Å². The van der Waals surface area contributed by atoms with Gasteiger partial charge in [0.25, 0.3) is 0 Å². The highest BCUT2D eigenvalue weighted by molar-refractivity contribution is 5.89. The molecule has 110 valence electrons. The Morgan fingerprint density at radius 3 is 2.33 bits per heavy atom. The van der Waals surface area contributed by atoms with Crippen molar-refractivity contribution in [3.8, 4) is 5.75 Å². The zero-order valence-corrected chi connectivity index (χ0v) is 12.3. The number of urea groups is 1. The minimum Gasteiger partial charge on any atom is -0.473 e. The highest BCUT2D eigenvalue weighted by Crippen LogP contribution is 2.11. The van der Waals surface area contributed by atoms with Crippen LogP contribution in [0.25, 0.3) is 0 Å². The Hall–Kier alpha value is -2.49. The number of carbonyl (C=O) groups is 1. The Bertz CT molecular complexity index is 577. The van der Waals surface area contributed by atoms with Crippen LogP contribution in [0.15, 0.2) is 48.5 Å². The fourth-order valence-electron chi connectivity index (χ4n) is 1.82. The second-order valence-electron chi connectivity index (χ2n) is 4.78. The molecule has 2 aromatic carbocycles. The van der Waals surface area contributed by atoms with Crippen LogP contribution in [0.1, 0.15) is 18.1 Å². The van der Waals surface area contributed by atoms with Crippen molar-refractivity contribution in [2.24, 2.45) is 0 Å². The quantitative estimate of drug-likeness (QED) is 0.822. The molecule has 0 aliphatic carbocycles. The number of rotatable bonds is 5. The molecule has 0 bridgehead atoms. The number of amides is 2. The molecular weight excluding hydrogens is 264 g/mol. The smallest absolute Gasteiger partial charge is 0.321 e. The molecule has 0 fully saturated rings. The van der Waals surface area contributed by atoms with E-state index in [0.29, 0.717) is 0 Å². The van der Waals surface area contributed by atoms with E-state index in [4.69, 9.17) is 4.74 Å². The summed E-state index contributed by atoms with van der Waals surface area (Å²) in [7, 11) is 0. The maximum atomic E-state index is 11.7. The Morgan fingerprint density at radius 2 is 1.71 bits per heavy atom. The van der Waals surface area contributed by atoms with Crippen LogP contribution < -0.4 is 15.4 Å². The molecule has 0 saturated heterocycles. The number of ether oxygens (including phenoxy) is 1. The Balaban J connectivity index is 1.75. The topological polar surface area (TPSA) is 50.4 Å². The van der Waals surface area contributed by atoms with E-state index >= 15 is 0 Å². The van der Waals surface area contributed by atoms with Crippen LogP contribution in [0, 0.1) is 6.92 Å². The van der Waals surface area contributed by atoms with Crippen LogP contribution in [-0.4, -0.2) is 12.8 Å². The molecule has 4 nitrogen and oxygen atoms in total. The van der Waals surface area contributed by atoms with E-state index in [-0.39, 0.29) is 12.8 Å². The monoisotopic (exact) mass is 284 g/mol. The molecule has 4 heteroatoms. The van der Waals surface area contributed by atoms with Gasteiger partial charge in [0, 0.05) is 5.69 Å². The van der Waals surface area contributed by atoms with Crippen molar-refractivity contribution in [1.82, 2.24) is 5.32 Å². The number of benzene rings is 2. The summed E-state index contributed by atoms with van der Waals surface area (Å²) < 4.78 is 5.43. The van der Waals surface area contributed by atoms with Gasteiger partial charge in [-0.25, -0.2) is 4.79 Å². The highest BCUT2D eigenvalue weighted by Gasteiger charge is 2.01. The van der Waals surface area contributed by atoms with Gasteiger partial charge in [0.15, 0.2) is 6.73 Å². The lowest BCUT2D eigenvalue weighted by Crippen LogP contribution is -2.31. The van der Waals surface area contributed by atoms with E-state index in [0.717, 1.165) is 17.9 Å². The molecule has 2 rings (SSSR count). The number of carbonyl (C=O) groups excluding carboxylic acids is 1. The van der Waals surface area contributed by atoms with Crippen molar-refractivity contribution in [3.05, 3.63) is 59.7 Å². The van der Waals surface area contributed by atoms with Gasteiger partial charge in [-0.05, 0) is 43.2 Å². The molecule has 2 amide bonds. The van der Waals surface area contributed by atoms with Crippen molar-refractivity contribution >= 4 is 11.7 Å². The summed E-state index contributed by atoms with van der Waals surface area (Å²) in [5.74, 6) is 0.730. The van der Waals surface area contributed by atoms with Gasteiger partial charge in [0.2, 0.25) is 0 Å². The first kappa shape index (κ1) is 14.9. The number of hydrogen-bond acceptors (Lipinski definition) is 2. The fraction of sp³-hybridized carbons (Fsp3) is 0.235. The summed E-state index contributed by atoms with van der Waals surface area (Å²) in [4.78, 5) is 11.7. The molecule has 0 saturated carbocycles. The fourth-order valence-corrected chi connectivity index (χ4v) is 1.82. The van der Waals surface area contributed by atoms with Gasteiger partial charge in [-0.3, -0.25) is 0 Å². The summed E-state index contributed by atoms with van der Waals surface area (Å²) in [5, 5.41) is 5.41. The van der Waals surface area contributed by atoms with Gasteiger partial charge in [0.05, 0.1) is 0 Å². The van der Waals surface area contributed by atoms with Crippen molar-refractivity contribution < 1.29 is 9.53 Å². The summed E-state index contributed by atoms with van der Waals surface area (Å²) in [6, 6.07) is 15.2. The van der Waals surface area contributed by atoms with Crippen LogP contribution in [-0.2, 0) is 6.42 Å². The predicted octanol–water partition coefficient (Wildman–Crippen LogP) is 3.72. The summed E-state index contributed by atoms with van der Waals surface area (Å²) in [6.07, 6.45) is 0.983. The summed E-state index contributed by atoms with van der Waals surface area (Å²) in [6.45, 7) is 4.23. The second kappa shape index (κ2) is 7.33. The molecule has 0 aliphatic heterocycles. The van der Waals surface area contributed by atoms with Crippen LogP contribution in [0.2, 0.25) is 0 Å². The minimum atomic E-state index is -0.286. The maximum absolute atomic E-state index is 11.7. The number of nitrogens with one attached hydrogen (secondary N) is 2. The third-order valence-corrected chi connectivity index (χ3v) is 3.11. The first-order chi connectivity index (χ1) is 10.2. The molecule has 2 aromatic rings. The molecule has 0 radical (unpaired) electrons. The van der Waals surface area contributed by atoms with Crippen LogP contribution in [0.5, 0.6) is 5.75 Å². The third-order valence-electron chi connectivity index (χ3n) is 3.11. The van der Waals surface area contributed by atoms with Gasteiger partial charge < -0.3 is 15.4 Å². The Labute approximate surface area is 125 Å². The number of anilines is 1. The molecule has 0 spiro atoms. The summed E-state index contributed by atoms with van der Waals surface area (Å²) >= 11 is 0. The van der Waals surface area contributed by atoms with Crippen molar-refractivity contribution in [3.63, 3.8) is 0 Å². The summed E-state index contributed by atoms with van der Waals surface area (Å²) in [5.41, 5.74) is 3.17. The third kappa shape index (κ3) is 4.84. The average molecular weight is 284 g/mol. The first-order valence-corrected chi connectivity index (χ1v) is 7.00. The molecule has 21 heavy (non-hydrogen) atoms. The van der Waals surface area contributed by atoms with E-state index < -0.39 is 0 Å². The molecule has 0 atom stereocenters. The lowest BCUT2D eigenvalue weighted by molar-refractivity contribution is 0.234. The zero-order chi connectivity index (χ0) is 15.1. The Morgan fingerprint density at radius 1 is 1.05 bits per heavy atom. The maximum Gasteiger partial charge on any atom is 0.321 e. The van der Waals surface area contributed by atoms with Gasteiger partial charge in [-0.2, -0.15) is 0 Å². The number of hydrogen-bond donors (Lipinski definition) is 2. The highest BCUT2D eigenvalue weighted by atomic mass is 16.5. The molecule has 0 unspecified atom stereocenters. The van der Waals surface area contributed by atoms with Gasteiger partial charge >= 0.3 is 6.03 Å². The van der Waals surface area contributed by atoms with Crippen molar-refractivity contribution in [2.45, 2.75) is 20.3 Å². The molecular formula is C17H20N2O2. The van der Waals surface area contributed by atoms with E-state index in [9.17, 15) is 4.79 Å². The molecule has 2 N–H and O–H groups in total. The van der Waals surface area contributed by atoms with Gasteiger partial charge in [-0.1, -0.05) is 36.8 Å². The van der Waals surface area contributed by atoms with Crippen molar-refractivity contribution in [2.75, 3.05) is 12.0 Å². The molecule has 0 heterocycles. The molecule has 0 aromatic heterocycles. The first-order valence-electron chi connectivity index (χ1n) is 7.00. The lowest BCUT2D eigenvalue weighted by atomic mass is 10.1. The zero-order valence-electron chi connectivity index (χ0n) is 12.3. The van der Waals surface area contributed by atoms with Crippen LogP contribution in [0.3, 0.4) is 0 Å². The number of aryl methyl sites for hydroxylation is 2. The van der Waals surface area contributed by atoms with Gasteiger partial charge in [0.1, 0.15) is 5.75 Å². The van der Waals surface area contributed by atoms with Crippen molar-refractivity contribution in [1.29, 1.82) is 0 Å². The standard InChI is InChI=1S/C17H20N2O2/c1-3-14-6-8-15(9-7-14)19-17(20)18-12-21-16-10-4-13(2)5-11-16/h4-11H,3,12H2,1-2H3,(H2,18,19,20). The SMILES string of the molecule is CCc1ccc(NC(=O)NCOc2ccc(C)cc2)cc1. The normalized spacial score (nSPS) is 10.0. The Kier molecular flexibility index (Phi) is 5.21. The van der Waals surface area contributed by atoms with Crippen LogP contribution >= 0.6 is 0 Å². The lowest BCUT2D eigenvalue weighted by Gasteiger charge is -2.10.